The second kappa shape index (κ2) is 7.72. The molecule has 1 aliphatic rings. The van der Waals surface area contributed by atoms with Crippen molar-refractivity contribution in [2.24, 2.45) is 0 Å². The molecule has 1 aromatic rings. The summed E-state index contributed by atoms with van der Waals surface area (Å²) in [6.45, 7) is 5.92. The summed E-state index contributed by atoms with van der Waals surface area (Å²) in [7, 11) is 0. The van der Waals surface area contributed by atoms with E-state index in [2.05, 4.69) is 24.1 Å². The van der Waals surface area contributed by atoms with Gasteiger partial charge >= 0.3 is 0 Å². The number of hydrogen-bond acceptors (Lipinski definition) is 4. The molecule has 0 radical (unpaired) electrons. The van der Waals surface area contributed by atoms with Crippen LogP contribution in [0.2, 0.25) is 0 Å². The van der Waals surface area contributed by atoms with Crippen LogP contribution in [-0.2, 0) is 4.79 Å². The molecule has 0 aliphatic carbocycles. The zero-order valence-electron chi connectivity index (χ0n) is 11.2. The number of nitrogens with one attached hydrogen (secondary N) is 1. The van der Waals surface area contributed by atoms with Gasteiger partial charge in [-0.3, -0.25) is 9.78 Å². The van der Waals surface area contributed by atoms with Gasteiger partial charge in [0.05, 0.1) is 5.75 Å². The Morgan fingerprint density at radius 3 is 2.84 bits per heavy atom. The fourth-order valence-corrected chi connectivity index (χ4v) is 2.84. The number of carbonyl (C=O) groups excluding carboxylic acids is 1. The van der Waals surface area contributed by atoms with Gasteiger partial charge in [0.25, 0.3) is 0 Å². The fraction of sp³-hybridized carbons (Fsp3) is 0.538. The third kappa shape index (κ3) is 4.37. The number of thioether (sulfide) groups is 1. The van der Waals surface area contributed by atoms with Crippen LogP contribution in [0.5, 0.6) is 0 Å². The van der Waals surface area contributed by atoms with Crippen LogP contribution in [0.1, 0.15) is 13.8 Å². The monoisotopic (exact) mass is 301 g/mol. The first-order valence-corrected chi connectivity index (χ1v) is 7.22. The van der Waals surface area contributed by atoms with E-state index in [1.54, 1.807) is 24.2 Å². The molecule has 19 heavy (non-hydrogen) atoms. The van der Waals surface area contributed by atoms with Crippen LogP contribution in [0.3, 0.4) is 0 Å². The first kappa shape index (κ1) is 16.3. The maximum Gasteiger partial charge on any atom is 0.233 e. The molecule has 106 valence electrons. The third-order valence-corrected chi connectivity index (χ3v) is 4.36. The van der Waals surface area contributed by atoms with Gasteiger partial charge in [-0.1, -0.05) is 0 Å². The molecule has 4 nitrogen and oxygen atoms in total. The average Bonchev–Trinajstić information content (AvgIpc) is 2.40. The molecule has 2 atom stereocenters. The Kier molecular flexibility index (Phi) is 6.62. The van der Waals surface area contributed by atoms with E-state index < -0.39 is 0 Å². The average molecular weight is 302 g/mol. The molecule has 1 N–H and O–H groups in total. The molecule has 1 saturated heterocycles. The smallest absolute Gasteiger partial charge is 0.233 e. The summed E-state index contributed by atoms with van der Waals surface area (Å²) >= 11 is 1.57. The lowest BCUT2D eigenvalue weighted by Gasteiger charge is -2.38. The molecule has 2 unspecified atom stereocenters. The number of aromatic nitrogens is 1. The van der Waals surface area contributed by atoms with Crippen LogP contribution < -0.4 is 5.32 Å². The summed E-state index contributed by atoms with van der Waals surface area (Å²) in [4.78, 5) is 19.2. The summed E-state index contributed by atoms with van der Waals surface area (Å²) < 4.78 is 0. The Hall–Kier alpha value is -0.780. The molecule has 6 heteroatoms. The second-order valence-electron chi connectivity index (χ2n) is 4.54. The van der Waals surface area contributed by atoms with Gasteiger partial charge in [0.15, 0.2) is 0 Å². The Morgan fingerprint density at radius 1 is 1.47 bits per heavy atom. The van der Waals surface area contributed by atoms with Gasteiger partial charge in [-0.2, -0.15) is 0 Å². The van der Waals surface area contributed by atoms with E-state index in [1.165, 1.54) is 0 Å². The van der Waals surface area contributed by atoms with E-state index in [0.717, 1.165) is 18.0 Å². The molecule has 0 bridgehead atoms. The molecule has 0 spiro atoms. The van der Waals surface area contributed by atoms with Crippen LogP contribution in [0, 0.1) is 0 Å². The number of carbonyl (C=O) groups is 1. The first-order valence-electron chi connectivity index (χ1n) is 6.24. The quantitative estimate of drug-likeness (QED) is 0.865. The Morgan fingerprint density at radius 2 is 2.16 bits per heavy atom. The second-order valence-corrected chi connectivity index (χ2v) is 5.59. The lowest BCUT2D eigenvalue weighted by molar-refractivity contribution is -0.131. The van der Waals surface area contributed by atoms with E-state index in [0.29, 0.717) is 11.8 Å². The minimum absolute atomic E-state index is 0. The number of halogens is 1. The molecule has 1 amide bonds. The van der Waals surface area contributed by atoms with Crippen molar-refractivity contribution in [3.05, 3.63) is 24.5 Å². The highest BCUT2D eigenvalue weighted by atomic mass is 35.5. The fourth-order valence-electron chi connectivity index (χ4n) is 2.07. The van der Waals surface area contributed by atoms with E-state index in [4.69, 9.17) is 0 Å². The molecule has 1 aromatic heterocycles. The van der Waals surface area contributed by atoms with Crippen molar-refractivity contribution in [2.75, 3.05) is 18.8 Å². The third-order valence-electron chi connectivity index (χ3n) is 3.37. The Labute approximate surface area is 124 Å². The number of pyridine rings is 1. The topological polar surface area (TPSA) is 45.2 Å². The zero-order chi connectivity index (χ0) is 13.0. The van der Waals surface area contributed by atoms with Crippen molar-refractivity contribution in [3.63, 3.8) is 0 Å². The maximum absolute atomic E-state index is 12.2. The largest absolute Gasteiger partial charge is 0.336 e. The normalized spacial score (nSPS) is 22.7. The van der Waals surface area contributed by atoms with Crippen molar-refractivity contribution in [2.45, 2.75) is 30.8 Å². The lowest BCUT2D eigenvalue weighted by Crippen LogP contribution is -2.57. The Bertz CT molecular complexity index is 404. The minimum atomic E-state index is 0. The van der Waals surface area contributed by atoms with Gasteiger partial charge < -0.3 is 10.2 Å². The molecule has 2 rings (SSSR count). The molecule has 1 fully saturated rings. The van der Waals surface area contributed by atoms with Crippen LogP contribution >= 0.6 is 24.2 Å². The summed E-state index contributed by atoms with van der Waals surface area (Å²) in [5.41, 5.74) is 0. The van der Waals surface area contributed by atoms with Crippen LogP contribution in [-0.4, -0.2) is 46.7 Å². The SMILES string of the molecule is CC1NCCN(C(=O)CSc2ccncc2)C1C.Cl. The molecule has 1 aliphatic heterocycles. The molecule has 2 heterocycles. The highest BCUT2D eigenvalue weighted by molar-refractivity contribution is 8.00. The molecule has 0 saturated carbocycles. The number of rotatable bonds is 3. The van der Waals surface area contributed by atoms with Crippen molar-refractivity contribution in [3.8, 4) is 0 Å². The van der Waals surface area contributed by atoms with E-state index >= 15 is 0 Å². The number of nitrogens with zero attached hydrogens (tertiary/aromatic N) is 2. The van der Waals surface area contributed by atoms with Gasteiger partial charge in [-0.25, -0.2) is 0 Å². The maximum atomic E-state index is 12.2. The van der Waals surface area contributed by atoms with Gasteiger partial charge in [0, 0.05) is 42.5 Å². The van der Waals surface area contributed by atoms with Crippen molar-refractivity contribution >= 4 is 30.1 Å². The standard InChI is InChI=1S/C13H19N3OS.ClH/c1-10-11(2)16(8-7-15-10)13(17)9-18-12-3-5-14-6-4-12;/h3-6,10-11,15H,7-9H2,1-2H3;1H. The van der Waals surface area contributed by atoms with Crippen LogP contribution in [0.15, 0.2) is 29.4 Å². The van der Waals surface area contributed by atoms with Crippen molar-refractivity contribution < 1.29 is 4.79 Å². The van der Waals surface area contributed by atoms with Gasteiger partial charge in [-0.15, -0.1) is 24.2 Å². The van der Waals surface area contributed by atoms with Crippen LogP contribution in [0.25, 0.3) is 0 Å². The van der Waals surface area contributed by atoms with E-state index in [-0.39, 0.29) is 24.4 Å². The predicted molar refractivity (Wildman–Crippen MR) is 80.8 cm³/mol. The van der Waals surface area contributed by atoms with Gasteiger partial charge in [-0.05, 0) is 26.0 Å². The number of piperazine rings is 1. The van der Waals surface area contributed by atoms with Gasteiger partial charge in [0.2, 0.25) is 5.91 Å². The summed E-state index contributed by atoms with van der Waals surface area (Å²) in [5.74, 6) is 0.721. The number of amides is 1. The predicted octanol–water partition coefficient (Wildman–Crippen LogP) is 1.80. The van der Waals surface area contributed by atoms with Gasteiger partial charge in [0.1, 0.15) is 0 Å². The van der Waals surface area contributed by atoms with E-state index in [9.17, 15) is 4.79 Å². The summed E-state index contributed by atoms with van der Waals surface area (Å²) in [6, 6.07) is 4.50. The zero-order valence-corrected chi connectivity index (χ0v) is 12.8. The van der Waals surface area contributed by atoms with E-state index in [1.807, 2.05) is 17.0 Å². The highest BCUT2D eigenvalue weighted by Gasteiger charge is 2.27. The highest BCUT2D eigenvalue weighted by Crippen LogP contribution is 2.18. The summed E-state index contributed by atoms with van der Waals surface area (Å²) in [6.07, 6.45) is 3.50. The van der Waals surface area contributed by atoms with Crippen molar-refractivity contribution in [1.82, 2.24) is 15.2 Å². The molecular weight excluding hydrogens is 282 g/mol. The molecular formula is C13H20ClN3OS. The lowest BCUT2D eigenvalue weighted by atomic mass is 10.1. The Balaban J connectivity index is 0.00000180. The molecule has 0 aromatic carbocycles. The van der Waals surface area contributed by atoms with Crippen molar-refractivity contribution in [1.29, 1.82) is 0 Å². The minimum Gasteiger partial charge on any atom is -0.336 e. The first-order chi connectivity index (χ1) is 8.68. The summed E-state index contributed by atoms with van der Waals surface area (Å²) in [5, 5.41) is 3.38. The van der Waals surface area contributed by atoms with Crippen LogP contribution in [0.4, 0.5) is 0 Å². The number of hydrogen-bond donors (Lipinski definition) is 1.